The van der Waals surface area contributed by atoms with Crippen molar-refractivity contribution in [3.05, 3.63) is 91.0 Å². The van der Waals surface area contributed by atoms with E-state index in [-0.39, 0.29) is 0 Å². The molecule has 0 bridgehead atoms. The summed E-state index contributed by atoms with van der Waals surface area (Å²) < 4.78 is 0. The molecule has 40 heavy (non-hydrogen) atoms. The monoisotopic (exact) mass is 610 g/mol. The molecule has 0 aliphatic carbocycles. The molecule has 0 saturated heterocycles. The minimum atomic E-state index is -2.10. The van der Waals surface area contributed by atoms with Gasteiger partial charge in [0.2, 0.25) is 10.0 Å². The first-order valence-corrected chi connectivity index (χ1v) is 9.49. The van der Waals surface area contributed by atoms with Crippen molar-refractivity contribution in [2.24, 2.45) is 10.2 Å². The van der Waals surface area contributed by atoms with Gasteiger partial charge in [0.05, 0.1) is 39.4 Å². The summed E-state index contributed by atoms with van der Waals surface area (Å²) in [5.41, 5.74) is -20.5. The van der Waals surface area contributed by atoms with Crippen molar-refractivity contribution in [2.75, 3.05) is 0 Å². The standard InChI is InChI=1S/C12Cl2N10O16/c13-1-5(17(25)26)9(21(33)34)3(10(22(35)36)6(1)18(27)28)15-16-4-11(23(37)38)7(19(29)30)2(14)8(20(31)32)12(4)24(39)40. The summed E-state index contributed by atoms with van der Waals surface area (Å²) in [7, 11) is 0. The molecule has 0 aliphatic heterocycles. The van der Waals surface area contributed by atoms with Crippen LogP contribution in [0.4, 0.5) is 56.9 Å². The van der Waals surface area contributed by atoms with Crippen molar-refractivity contribution < 1.29 is 39.4 Å². The molecule has 0 spiro atoms. The highest BCUT2D eigenvalue weighted by Gasteiger charge is 2.50. The van der Waals surface area contributed by atoms with Crippen molar-refractivity contribution in [3.8, 4) is 0 Å². The minimum absolute atomic E-state index is 1.72. The fourth-order valence-electron chi connectivity index (χ4n) is 2.96. The molecule has 208 valence electrons. The second-order valence-corrected chi connectivity index (χ2v) is 7.13. The van der Waals surface area contributed by atoms with Crippen LogP contribution in [0.5, 0.6) is 0 Å². The Morgan fingerprint density at radius 3 is 0.625 bits per heavy atom. The van der Waals surface area contributed by atoms with Crippen LogP contribution < -0.4 is 0 Å². The first kappa shape index (κ1) is 30.0. The van der Waals surface area contributed by atoms with Crippen molar-refractivity contribution in [1.29, 1.82) is 0 Å². The van der Waals surface area contributed by atoms with Crippen LogP contribution in [0, 0.1) is 80.9 Å². The zero-order chi connectivity index (χ0) is 31.0. The molecule has 0 aliphatic rings. The topological polar surface area (TPSA) is 370 Å². The summed E-state index contributed by atoms with van der Waals surface area (Å²) >= 11 is 10.9. The van der Waals surface area contributed by atoms with Gasteiger partial charge in [-0.25, -0.2) is 0 Å². The highest BCUT2D eigenvalue weighted by atomic mass is 35.5. The zero-order valence-electron chi connectivity index (χ0n) is 17.8. The molecule has 0 unspecified atom stereocenters. The van der Waals surface area contributed by atoms with Gasteiger partial charge in [-0.15, -0.1) is 10.2 Å². The van der Waals surface area contributed by atoms with Crippen molar-refractivity contribution in [2.45, 2.75) is 0 Å². The second-order valence-electron chi connectivity index (χ2n) is 6.37. The van der Waals surface area contributed by atoms with Crippen LogP contribution in [0.25, 0.3) is 0 Å². The molecular weight excluding hydrogens is 611 g/mol. The van der Waals surface area contributed by atoms with E-state index in [2.05, 4.69) is 10.2 Å². The Morgan fingerprint density at radius 1 is 0.350 bits per heavy atom. The van der Waals surface area contributed by atoms with Crippen LogP contribution in [0.3, 0.4) is 0 Å². The summed E-state index contributed by atoms with van der Waals surface area (Å²) in [6.07, 6.45) is 0. The molecule has 0 fully saturated rings. The summed E-state index contributed by atoms with van der Waals surface area (Å²) in [5, 5.41) is 93.9. The van der Waals surface area contributed by atoms with E-state index in [1.54, 1.807) is 0 Å². The molecule has 0 N–H and O–H groups in total. The average molecular weight is 611 g/mol. The number of hydrogen-bond donors (Lipinski definition) is 0. The Hall–Kier alpha value is -6.18. The van der Waals surface area contributed by atoms with Gasteiger partial charge in [-0.05, 0) is 0 Å². The predicted molar refractivity (Wildman–Crippen MR) is 120 cm³/mol. The van der Waals surface area contributed by atoms with Gasteiger partial charge in [0.25, 0.3) is 11.4 Å². The molecule has 0 amide bonds. The zero-order valence-corrected chi connectivity index (χ0v) is 19.3. The third kappa shape index (κ3) is 4.87. The molecular formula is C12Cl2N10O16. The van der Waals surface area contributed by atoms with Gasteiger partial charge in [0.1, 0.15) is 0 Å². The smallest absolute Gasteiger partial charge is 0.258 e. The van der Waals surface area contributed by atoms with E-state index >= 15 is 0 Å². The maximum Gasteiger partial charge on any atom is 0.382 e. The van der Waals surface area contributed by atoms with Crippen molar-refractivity contribution >= 4 is 80.1 Å². The number of nitrogens with zero attached hydrogens (tertiary/aromatic N) is 10. The predicted octanol–water partition coefficient (Wildman–Crippen LogP) is 4.67. The lowest BCUT2D eigenvalue weighted by Crippen LogP contribution is -2.06. The fourth-order valence-corrected chi connectivity index (χ4v) is 3.59. The lowest BCUT2D eigenvalue weighted by molar-refractivity contribution is -0.433. The molecule has 2 rings (SSSR count). The number of hydrogen-bond acceptors (Lipinski definition) is 18. The number of nitro benzene ring substituents is 8. The van der Waals surface area contributed by atoms with Gasteiger partial charge >= 0.3 is 45.5 Å². The van der Waals surface area contributed by atoms with E-state index in [0.717, 1.165) is 0 Å². The average Bonchev–Trinajstić information content (AvgIpc) is 2.80. The van der Waals surface area contributed by atoms with Gasteiger partial charge < -0.3 is 0 Å². The van der Waals surface area contributed by atoms with E-state index in [1.807, 2.05) is 0 Å². The largest absolute Gasteiger partial charge is 0.382 e. The maximum atomic E-state index is 11.6. The summed E-state index contributed by atoms with van der Waals surface area (Å²) in [4.78, 5) is 77.9. The Bertz CT molecular complexity index is 1430. The highest BCUT2D eigenvalue weighted by Crippen LogP contribution is 2.57. The number of benzene rings is 2. The molecule has 2 aromatic carbocycles. The minimum Gasteiger partial charge on any atom is -0.258 e. The van der Waals surface area contributed by atoms with Gasteiger partial charge in [0.15, 0.2) is 0 Å². The molecule has 2 aromatic rings. The van der Waals surface area contributed by atoms with Crippen LogP contribution in [-0.4, -0.2) is 39.4 Å². The molecule has 0 radical (unpaired) electrons. The normalized spacial score (nSPS) is 10.8. The number of azo groups is 1. The first-order valence-electron chi connectivity index (χ1n) is 8.74. The van der Waals surface area contributed by atoms with Gasteiger partial charge in [0, 0.05) is 0 Å². The number of rotatable bonds is 10. The van der Waals surface area contributed by atoms with Crippen LogP contribution in [0.1, 0.15) is 0 Å². The molecule has 0 saturated carbocycles. The molecule has 28 heteroatoms. The van der Waals surface area contributed by atoms with E-state index in [4.69, 9.17) is 23.2 Å². The van der Waals surface area contributed by atoms with Gasteiger partial charge in [-0.3, -0.25) is 80.9 Å². The van der Waals surface area contributed by atoms with Crippen LogP contribution in [0.15, 0.2) is 10.2 Å². The SMILES string of the molecule is O=[N+]([O-])c1c(Cl)c([N+](=O)[O-])c([N+](=O)[O-])c(N=Nc2c([N+](=O)[O-])c([N+](=O)[O-])c(Cl)c([N+](=O)[O-])c2[N+](=O)[O-])c1[N+](=O)[O-]. The lowest BCUT2D eigenvalue weighted by Gasteiger charge is -2.05. The molecule has 26 nitrogen and oxygen atoms in total. The van der Waals surface area contributed by atoms with Crippen LogP contribution >= 0.6 is 23.2 Å². The molecule has 0 aromatic heterocycles. The lowest BCUT2D eigenvalue weighted by atomic mass is 10.1. The van der Waals surface area contributed by atoms with Gasteiger partial charge in [-0.2, -0.15) is 0 Å². The van der Waals surface area contributed by atoms with E-state index in [1.165, 1.54) is 0 Å². The Labute approximate surface area is 221 Å². The van der Waals surface area contributed by atoms with Crippen molar-refractivity contribution in [3.63, 3.8) is 0 Å². The second kappa shape index (κ2) is 10.7. The van der Waals surface area contributed by atoms with Crippen LogP contribution in [0.2, 0.25) is 10.0 Å². The van der Waals surface area contributed by atoms with E-state index in [9.17, 15) is 80.9 Å². The molecule has 0 atom stereocenters. The quantitative estimate of drug-likeness (QED) is 0.200. The summed E-state index contributed by atoms with van der Waals surface area (Å²) in [5.74, 6) is 0. The third-order valence-electron chi connectivity index (χ3n) is 4.34. The highest BCUT2D eigenvalue weighted by molar-refractivity contribution is 6.36. The Morgan fingerprint density at radius 2 is 0.500 bits per heavy atom. The Balaban J connectivity index is 3.37. The third-order valence-corrected chi connectivity index (χ3v) is 5.05. The van der Waals surface area contributed by atoms with Gasteiger partial charge in [-0.1, -0.05) is 23.2 Å². The fraction of sp³-hybridized carbons (Fsp3) is 0. The molecule has 0 heterocycles. The maximum absolute atomic E-state index is 11.6. The Kier molecular flexibility index (Phi) is 8.01. The number of nitro groups is 8. The van der Waals surface area contributed by atoms with Crippen LogP contribution in [-0.2, 0) is 0 Å². The number of halogens is 2. The first-order chi connectivity index (χ1) is 18.4. The van der Waals surface area contributed by atoms with Crippen molar-refractivity contribution in [1.82, 2.24) is 0 Å². The van der Waals surface area contributed by atoms with E-state index in [0.29, 0.717) is 0 Å². The van der Waals surface area contributed by atoms with E-state index < -0.39 is 106 Å². The summed E-state index contributed by atoms with van der Waals surface area (Å²) in [6.45, 7) is 0. The summed E-state index contributed by atoms with van der Waals surface area (Å²) in [6, 6.07) is 0.